The fraction of sp³-hybridized carbons (Fsp3) is 0.448. The third-order valence-corrected chi connectivity index (χ3v) is 6.57. The van der Waals surface area contributed by atoms with Crippen molar-refractivity contribution in [1.29, 1.82) is 0 Å². The minimum Gasteiger partial charge on any atom is -0.339 e. The second-order valence-electron chi connectivity index (χ2n) is 8.90. The molecule has 0 aliphatic rings. The fourth-order valence-electron chi connectivity index (χ4n) is 4.40. The van der Waals surface area contributed by atoms with E-state index in [0.717, 1.165) is 59.2 Å². The number of para-hydroxylation sites is 1. The molecule has 0 atom stereocenters. The van der Waals surface area contributed by atoms with Crippen LogP contribution in [0.4, 0.5) is 0 Å². The predicted octanol–water partition coefficient (Wildman–Crippen LogP) is 8.47. The van der Waals surface area contributed by atoms with Gasteiger partial charge in [-0.05, 0) is 43.5 Å². The molecule has 0 bridgehead atoms. The molecule has 0 unspecified atom stereocenters. The molecule has 1 heterocycles. The lowest BCUT2D eigenvalue weighted by atomic mass is 9.96. The third-order valence-electron chi connectivity index (χ3n) is 6.32. The molecule has 1 aromatic heterocycles. The normalized spacial score (nSPS) is 11.2. The van der Waals surface area contributed by atoms with Crippen molar-refractivity contribution in [1.82, 2.24) is 9.88 Å². The summed E-state index contributed by atoms with van der Waals surface area (Å²) in [4.78, 5) is 21.0. The standard InChI is InChI=1S/C29H37ClN2O/c1-4-6-8-12-20-32(21-13-9-7-5-2)29(33)27-22(3)28(23-16-18-24(30)19-17-23)31-26-15-11-10-14-25(26)27/h10-11,14-19H,4-9,12-13,20-21H2,1-3H3. The highest BCUT2D eigenvalue weighted by Crippen LogP contribution is 2.31. The molecule has 0 saturated carbocycles. The summed E-state index contributed by atoms with van der Waals surface area (Å²) < 4.78 is 0. The number of aromatic nitrogens is 1. The van der Waals surface area contributed by atoms with Gasteiger partial charge in [-0.3, -0.25) is 4.79 Å². The molecule has 2 aromatic carbocycles. The van der Waals surface area contributed by atoms with Crippen molar-refractivity contribution in [2.45, 2.75) is 72.1 Å². The molecule has 1 amide bonds. The SMILES string of the molecule is CCCCCCN(CCCCCC)C(=O)c1c(C)c(-c2ccc(Cl)cc2)nc2ccccc12. The largest absolute Gasteiger partial charge is 0.339 e. The summed E-state index contributed by atoms with van der Waals surface area (Å²) in [7, 11) is 0. The van der Waals surface area contributed by atoms with E-state index in [-0.39, 0.29) is 5.91 Å². The van der Waals surface area contributed by atoms with Gasteiger partial charge >= 0.3 is 0 Å². The number of benzene rings is 2. The molecular weight excluding hydrogens is 428 g/mol. The number of unbranched alkanes of at least 4 members (excludes halogenated alkanes) is 6. The number of amides is 1. The van der Waals surface area contributed by atoms with Gasteiger partial charge in [0.25, 0.3) is 5.91 Å². The quantitative estimate of drug-likeness (QED) is 0.252. The number of hydrogen-bond donors (Lipinski definition) is 0. The minimum atomic E-state index is 0.134. The second kappa shape index (κ2) is 12.7. The molecule has 0 fully saturated rings. The molecule has 4 heteroatoms. The molecule has 3 aromatic rings. The van der Waals surface area contributed by atoms with Gasteiger partial charge in [-0.15, -0.1) is 0 Å². The summed E-state index contributed by atoms with van der Waals surface area (Å²) in [6, 6.07) is 15.7. The van der Waals surface area contributed by atoms with E-state index in [1.165, 1.54) is 38.5 Å². The van der Waals surface area contributed by atoms with Gasteiger partial charge in [-0.2, -0.15) is 0 Å². The Bertz CT molecular complexity index is 1030. The van der Waals surface area contributed by atoms with E-state index < -0.39 is 0 Å². The Hall–Kier alpha value is -2.39. The molecule has 0 saturated heterocycles. The topological polar surface area (TPSA) is 33.2 Å². The maximum absolute atomic E-state index is 14.0. The van der Waals surface area contributed by atoms with E-state index in [1.807, 2.05) is 55.5 Å². The van der Waals surface area contributed by atoms with Crippen LogP contribution < -0.4 is 0 Å². The van der Waals surface area contributed by atoms with Gasteiger partial charge in [0, 0.05) is 29.1 Å². The molecule has 0 aliphatic carbocycles. The first-order valence-corrected chi connectivity index (χ1v) is 12.9. The lowest BCUT2D eigenvalue weighted by Crippen LogP contribution is -2.34. The summed E-state index contributed by atoms with van der Waals surface area (Å²) in [5, 5.41) is 1.63. The van der Waals surface area contributed by atoms with E-state index in [4.69, 9.17) is 16.6 Å². The molecule has 0 N–H and O–H groups in total. The van der Waals surface area contributed by atoms with Crippen molar-refractivity contribution >= 4 is 28.4 Å². The van der Waals surface area contributed by atoms with Crippen LogP contribution in [0.3, 0.4) is 0 Å². The zero-order valence-electron chi connectivity index (χ0n) is 20.4. The van der Waals surface area contributed by atoms with Gasteiger partial charge in [-0.1, -0.05) is 94.3 Å². The van der Waals surface area contributed by atoms with Crippen LogP contribution in [0.15, 0.2) is 48.5 Å². The van der Waals surface area contributed by atoms with Crippen molar-refractivity contribution in [3.05, 3.63) is 64.7 Å². The second-order valence-corrected chi connectivity index (χ2v) is 9.33. The monoisotopic (exact) mass is 464 g/mol. The van der Waals surface area contributed by atoms with Crippen molar-refractivity contribution in [3.8, 4) is 11.3 Å². The predicted molar refractivity (Wildman–Crippen MR) is 141 cm³/mol. The highest BCUT2D eigenvalue weighted by atomic mass is 35.5. The Morgan fingerprint density at radius 2 is 1.45 bits per heavy atom. The number of rotatable bonds is 12. The Balaban J connectivity index is 2.00. The molecule has 0 spiro atoms. The van der Waals surface area contributed by atoms with Crippen molar-refractivity contribution in [2.75, 3.05) is 13.1 Å². The number of carbonyl (C=O) groups excluding carboxylic acids is 1. The highest BCUT2D eigenvalue weighted by Gasteiger charge is 2.23. The first kappa shape index (κ1) is 25.2. The summed E-state index contributed by atoms with van der Waals surface area (Å²) in [6.45, 7) is 8.11. The van der Waals surface area contributed by atoms with Crippen LogP contribution in [-0.2, 0) is 0 Å². The molecule has 33 heavy (non-hydrogen) atoms. The van der Waals surface area contributed by atoms with Crippen LogP contribution in [0.2, 0.25) is 5.02 Å². The van der Waals surface area contributed by atoms with Crippen LogP contribution in [0.25, 0.3) is 22.2 Å². The molecule has 176 valence electrons. The highest BCUT2D eigenvalue weighted by molar-refractivity contribution is 6.30. The van der Waals surface area contributed by atoms with Crippen molar-refractivity contribution in [3.63, 3.8) is 0 Å². The van der Waals surface area contributed by atoms with E-state index in [2.05, 4.69) is 18.7 Å². The average Bonchev–Trinajstić information content (AvgIpc) is 2.83. The fourth-order valence-corrected chi connectivity index (χ4v) is 4.53. The third kappa shape index (κ3) is 6.57. The molecule has 3 nitrogen and oxygen atoms in total. The van der Waals surface area contributed by atoms with Gasteiger partial charge in [0.15, 0.2) is 0 Å². The van der Waals surface area contributed by atoms with Crippen LogP contribution in [0.1, 0.15) is 81.1 Å². The molecule has 3 rings (SSSR count). The van der Waals surface area contributed by atoms with Gasteiger partial charge < -0.3 is 4.90 Å². The van der Waals surface area contributed by atoms with E-state index in [9.17, 15) is 4.79 Å². The van der Waals surface area contributed by atoms with Gasteiger partial charge in [0.2, 0.25) is 0 Å². The maximum atomic E-state index is 14.0. The Morgan fingerprint density at radius 1 is 0.848 bits per heavy atom. The van der Waals surface area contributed by atoms with Gasteiger partial charge in [-0.25, -0.2) is 4.98 Å². The van der Waals surface area contributed by atoms with Gasteiger partial charge in [0.05, 0.1) is 16.8 Å². The van der Waals surface area contributed by atoms with Crippen LogP contribution >= 0.6 is 11.6 Å². The van der Waals surface area contributed by atoms with Crippen molar-refractivity contribution < 1.29 is 4.79 Å². The number of nitrogens with zero attached hydrogens (tertiary/aromatic N) is 2. The Labute approximate surface area is 204 Å². The summed E-state index contributed by atoms with van der Waals surface area (Å²) in [5.74, 6) is 0.134. The minimum absolute atomic E-state index is 0.134. The van der Waals surface area contributed by atoms with Crippen molar-refractivity contribution in [2.24, 2.45) is 0 Å². The summed E-state index contributed by atoms with van der Waals surface area (Å²) >= 11 is 6.12. The maximum Gasteiger partial charge on any atom is 0.254 e. The van der Waals surface area contributed by atoms with Crippen LogP contribution in [-0.4, -0.2) is 28.9 Å². The average molecular weight is 465 g/mol. The number of hydrogen-bond acceptors (Lipinski definition) is 2. The summed E-state index contributed by atoms with van der Waals surface area (Å²) in [6.07, 6.45) is 9.28. The number of carbonyl (C=O) groups is 1. The number of halogens is 1. The smallest absolute Gasteiger partial charge is 0.254 e. The van der Waals surface area contributed by atoms with Gasteiger partial charge in [0.1, 0.15) is 0 Å². The van der Waals surface area contributed by atoms with E-state index >= 15 is 0 Å². The van der Waals surface area contributed by atoms with E-state index in [1.54, 1.807) is 0 Å². The first-order valence-electron chi connectivity index (χ1n) is 12.5. The Morgan fingerprint density at radius 3 is 2.06 bits per heavy atom. The Kier molecular flexibility index (Phi) is 9.75. The number of pyridine rings is 1. The summed E-state index contributed by atoms with van der Waals surface area (Å²) in [5.41, 5.74) is 4.41. The van der Waals surface area contributed by atoms with Crippen LogP contribution in [0, 0.1) is 6.92 Å². The zero-order chi connectivity index (χ0) is 23.6. The molecule has 0 aliphatic heterocycles. The van der Waals surface area contributed by atoms with E-state index in [0.29, 0.717) is 5.02 Å². The lowest BCUT2D eigenvalue weighted by Gasteiger charge is -2.25. The zero-order valence-corrected chi connectivity index (χ0v) is 21.1. The lowest BCUT2D eigenvalue weighted by molar-refractivity contribution is 0.0750. The van der Waals surface area contributed by atoms with Crippen LogP contribution in [0.5, 0.6) is 0 Å². The first-order chi connectivity index (χ1) is 16.1. The molecular formula is C29H37ClN2O. The number of fused-ring (bicyclic) bond motifs is 1. The molecule has 0 radical (unpaired) electrons.